The highest BCUT2D eigenvalue weighted by molar-refractivity contribution is 5.95. The lowest BCUT2D eigenvalue weighted by Crippen LogP contribution is -2.38. The molecule has 3 heteroatoms. The molecule has 0 unspecified atom stereocenters. The summed E-state index contributed by atoms with van der Waals surface area (Å²) in [5.41, 5.74) is 20.3. The summed E-state index contributed by atoms with van der Waals surface area (Å²) in [7, 11) is 0. The number of anilines is 9. The number of para-hydroxylation sites is 5. The van der Waals surface area contributed by atoms with E-state index in [1.54, 1.807) is 0 Å². The molecule has 9 aromatic rings. The van der Waals surface area contributed by atoms with Crippen molar-refractivity contribution in [3.8, 4) is 22.3 Å². The minimum Gasteiger partial charge on any atom is -0.311 e. The zero-order valence-corrected chi connectivity index (χ0v) is 36.2. The third kappa shape index (κ3) is 6.43. The maximum Gasteiger partial charge on any atom is 0.0544 e. The molecule has 2 aliphatic rings. The van der Waals surface area contributed by atoms with Gasteiger partial charge in [-0.2, -0.15) is 0 Å². The van der Waals surface area contributed by atoms with E-state index < -0.39 is 0 Å². The van der Waals surface area contributed by atoms with Gasteiger partial charge in [0, 0.05) is 45.0 Å². The van der Waals surface area contributed by atoms with E-state index >= 15 is 0 Å². The lowest BCUT2D eigenvalue weighted by Gasteiger charge is -2.50. The lowest BCUT2D eigenvalue weighted by molar-refractivity contribution is 0.598. The molecule has 0 atom stereocenters. The topological polar surface area (TPSA) is 9.72 Å². The van der Waals surface area contributed by atoms with Crippen molar-refractivity contribution in [2.24, 2.45) is 0 Å². The molecule has 0 amide bonds. The Morgan fingerprint density at radius 1 is 0.286 bits per heavy atom. The van der Waals surface area contributed by atoms with Crippen molar-refractivity contribution in [2.75, 3.05) is 14.7 Å². The van der Waals surface area contributed by atoms with Crippen LogP contribution in [-0.4, -0.2) is 0 Å². The summed E-state index contributed by atoms with van der Waals surface area (Å²) in [5.74, 6) is 0. The third-order valence-electron chi connectivity index (χ3n) is 13.4. The molecule has 304 valence electrons. The fourth-order valence-electron chi connectivity index (χ4n) is 10.1. The van der Waals surface area contributed by atoms with Crippen LogP contribution in [0, 0.1) is 0 Å². The lowest BCUT2D eigenvalue weighted by atomic mass is 9.65. The first-order chi connectivity index (χ1) is 30.8. The molecule has 3 nitrogen and oxygen atoms in total. The van der Waals surface area contributed by atoms with Crippen LogP contribution in [0.1, 0.15) is 49.9 Å². The van der Waals surface area contributed by atoms with Gasteiger partial charge in [0.1, 0.15) is 0 Å². The smallest absolute Gasteiger partial charge is 0.0544 e. The second-order valence-electron chi connectivity index (χ2n) is 17.9. The van der Waals surface area contributed by atoms with Crippen molar-refractivity contribution in [1.82, 2.24) is 0 Å². The van der Waals surface area contributed by atoms with Gasteiger partial charge in [0.25, 0.3) is 0 Å². The van der Waals surface area contributed by atoms with Gasteiger partial charge in [0.2, 0.25) is 0 Å². The number of rotatable bonds is 8. The van der Waals surface area contributed by atoms with E-state index in [0.717, 1.165) is 34.1 Å². The molecule has 0 fully saturated rings. The molecule has 11 rings (SSSR count). The van der Waals surface area contributed by atoms with Gasteiger partial charge in [-0.15, -0.1) is 0 Å². The summed E-state index contributed by atoms with van der Waals surface area (Å²) in [4.78, 5) is 7.20. The van der Waals surface area contributed by atoms with E-state index in [4.69, 9.17) is 0 Å². The van der Waals surface area contributed by atoms with E-state index in [1.165, 1.54) is 61.6 Å². The fraction of sp³-hybridized carbons (Fsp3) is 0.100. The summed E-state index contributed by atoms with van der Waals surface area (Å²) in [6, 6.07) is 81.7. The van der Waals surface area contributed by atoms with E-state index in [2.05, 4.69) is 267 Å². The quantitative estimate of drug-likeness (QED) is 0.151. The van der Waals surface area contributed by atoms with Gasteiger partial charge in [0.15, 0.2) is 0 Å². The van der Waals surface area contributed by atoms with Crippen molar-refractivity contribution < 1.29 is 0 Å². The predicted molar refractivity (Wildman–Crippen MR) is 266 cm³/mol. The van der Waals surface area contributed by atoms with E-state index in [-0.39, 0.29) is 10.8 Å². The van der Waals surface area contributed by atoms with Crippen molar-refractivity contribution in [2.45, 2.75) is 38.5 Å². The average Bonchev–Trinajstić information content (AvgIpc) is 3.33. The molecule has 0 aliphatic carbocycles. The molecule has 0 spiro atoms. The van der Waals surface area contributed by atoms with Crippen LogP contribution in [0.3, 0.4) is 0 Å². The molecule has 0 radical (unpaired) electrons. The monoisotopic (exact) mass is 811 g/mol. The maximum absolute atomic E-state index is 2.56. The Hall–Kier alpha value is -7.62. The molecular formula is C60H49N3. The number of benzene rings is 9. The number of nitrogens with zero attached hydrogens (tertiary/aromatic N) is 3. The summed E-state index contributed by atoms with van der Waals surface area (Å²) < 4.78 is 0. The first-order valence-electron chi connectivity index (χ1n) is 22.0. The van der Waals surface area contributed by atoms with Gasteiger partial charge in [-0.25, -0.2) is 0 Å². The first kappa shape index (κ1) is 38.3. The van der Waals surface area contributed by atoms with Crippen LogP contribution in [-0.2, 0) is 10.8 Å². The maximum atomic E-state index is 2.56. The van der Waals surface area contributed by atoms with Crippen LogP contribution in [0.2, 0.25) is 0 Å². The van der Waals surface area contributed by atoms with Crippen LogP contribution in [0.25, 0.3) is 22.3 Å². The van der Waals surface area contributed by atoms with Crippen LogP contribution < -0.4 is 14.7 Å². The molecule has 2 heterocycles. The van der Waals surface area contributed by atoms with E-state index in [9.17, 15) is 0 Å². The molecule has 63 heavy (non-hydrogen) atoms. The van der Waals surface area contributed by atoms with Gasteiger partial charge >= 0.3 is 0 Å². The SMILES string of the molecule is CC1(C)c2ccccc2N2c3ccc(-c4ccc(N(c5ccccc5)c5ccccc5)cc4)cc3C(C)(C)c3cc(-c4ccc(N(c5ccccc5)c5ccccc5)cc4)cc1c32. The van der Waals surface area contributed by atoms with Crippen molar-refractivity contribution in [3.63, 3.8) is 0 Å². The van der Waals surface area contributed by atoms with Gasteiger partial charge in [-0.1, -0.05) is 149 Å². The number of hydrogen-bond acceptors (Lipinski definition) is 3. The predicted octanol–water partition coefficient (Wildman–Crippen LogP) is 16.7. The fourth-order valence-corrected chi connectivity index (χ4v) is 10.1. The molecule has 2 aliphatic heterocycles. The number of fused-ring (bicyclic) bond motifs is 4. The minimum absolute atomic E-state index is 0.215. The summed E-state index contributed by atoms with van der Waals surface area (Å²) in [5, 5.41) is 0. The van der Waals surface area contributed by atoms with Crippen LogP contribution in [0.4, 0.5) is 51.2 Å². The Morgan fingerprint density at radius 3 is 1.08 bits per heavy atom. The molecule has 0 N–H and O–H groups in total. The Labute approximate surface area is 371 Å². The third-order valence-corrected chi connectivity index (χ3v) is 13.4. The standard InChI is InChI=1S/C60H49N3/c1-59(2)52-27-17-18-28-56(52)63-57-38-33-44(42-29-34-50(35-30-42)61(46-19-9-5-10-20-46)47-21-11-6-12-22-47)39-53(57)60(3,4)55-41-45(40-54(59)58(55)63)43-31-36-51(37-32-43)62(48-23-13-7-14-24-48)49-25-15-8-16-26-49/h5-41H,1-4H3. The highest BCUT2D eigenvalue weighted by Gasteiger charge is 2.45. The Balaban J connectivity index is 1.02. The van der Waals surface area contributed by atoms with Gasteiger partial charge in [-0.05, 0) is 148 Å². The minimum atomic E-state index is -0.293. The second kappa shape index (κ2) is 15.1. The van der Waals surface area contributed by atoms with E-state index in [0.29, 0.717) is 0 Å². The molecule has 9 aromatic carbocycles. The van der Waals surface area contributed by atoms with Gasteiger partial charge < -0.3 is 14.7 Å². The van der Waals surface area contributed by atoms with Crippen LogP contribution in [0.15, 0.2) is 224 Å². The van der Waals surface area contributed by atoms with Crippen LogP contribution >= 0.6 is 0 Å². The van der Waals surface area contributed by atoms with Crippen molar-refractivity contribution >= 4 is 51.2 Å². The second-order valence-corrected chi connectivity index (χ2v) is 17.9. The number of hydrogen-bond donors (Lipinski definition) is 0. The highest BCUT2D eigenvalue weighted by Crippen LogP contribution is 2.61. The summed E-state index contributed by atoms with van der Waals surface area (Å²) in [6.45, 7) is 9.63. The highest BCUT2D eigenvalue weighted by atomic mass is 15.2. The van der Waals surface area contributed by atoms with Gasteiger partial charge in [0.05, 0.1) is 17.1 Å². The average molecular weight is 812 g/mol. The Morgan fingerprint density at radius 2 is 0.619 bits per heavy atom. The molecule has 0 bridgehead atoms. The Kier molecular flexibility index (Phi) is 9.17. The summed E-state index contributed by atoms with van der Waals surface area (Å²) in [6.07, 6.45) is 0. The van der Waals surface area contributed by atoms with Crippen molar-refractivity contribution in [1.29, 1.82) is 0 Å². The summed E-state index contributed by atoms with van der Waals surface area (Å²) >= 11 is 0. The molecule has 0 aromatic heterocycles. The van der Waals surface area contributed by atoms with Crippen LogP contribution in [0.5, 0.6) is 0 Å². The largest absolute Gasteiger partial charge is 0.311 e. The van der Waals surface area contributed by atoms with E-state index in [1.807, 2.05) is 0 Å². The first-order valence-corrected chi connectivity index (χ1v) is 22.0. The molecule has 0 saturated heterocycles. The zero-order valence-electron chi connectivity index (χ0n) is 36.2. The normalized spacial score (nSPS) is 13.9. The molecular weight excluding hydrogens is 763 g/mol. The van der Waals surface area contributed by atoms with Gasteiger partial charge in [-0.3, -0.25) is 0 Å². The molecule has 0 saturated carbocycles. The zero-order chi connectivity index (χ0) is 42.7. The van der Waals surface area contributed by atoms with Crippen molar-refractivity contribution in [3.05, 3.63) is 247 Å². The Bertz CT molecular complexity index is 3000.